The average molecular weight is 766 g/mol. The molecule has 3 heterocycles. The van der Waals surface area contributed by atoms with Crippen LogP contribution >= 0.6 is 24.2 Å². The Balaban J connectivity index is 1.75. The molecular formula is C37H52ClN3O10S. The number of halogens is 1. The first-order valence-electron chi connectivity index (χ1n) is 17.4. The zero-order valence-corrected chi connectivity index (χ0v) is 33.0. The second kappa shape index (κ2) is 16.8. The van der Waals surface area contributed by atoms with E-state index in [2.05, 4.69) is 17.9 Å². The number of methoxy groups -OCH3 is 2. The van der Waals surface area contributed by atoms with E-state index in [1.54, 1.807) is 52.1 Å². The number of fused-ring (bicyclic) bond motifs is 5. The molecule has 0 aromatic heterocycles. The molecule has 2 fully saturated rings. The minimum atomic E-state index is -1.82. The molecule has 3 amide bonds. The fraction of sp³-hybridized carbons (Fsp3) is 0.622. The van der Waals surface area contributed by atoms with Gasteiger partial charge in [-0.15, -0.1) is 0 Å². The molecule has 4 bridgehead atoms. The fourth-order valence-corrected chi connectivity index (χ4v) is 7.17. The van der Waals surface area contributed by atoms with E-state index >= 15 is 0 Å². The average Bonchev–Trinajstić information content (AvgIpc) is 3.79. The molecule has 4 rings (SSSR count). The molecule has 0 radical (unpaired) electrons. The monoisotopic (exact) mass is 765 g/mol. The summed E-state index contributed by atoms with van der Waals surface area (Å²) >= 11 is 11.1. The van der Waals surface area contributed by atoms with E-state index in [1.165, 1.54) is 31.1 Å². The number of anilines is 1. The number of nitrogens with zero attached hydrogens (tertiary/aromatic N) is 2. The van der Waals surface area contributed by atoms with E-state index < -0.39 is 65.7 Å². The fourth-order valence-electron chi connectivity index (χ4n) is 6.73. The Hall–Kier alpha value is -3.30. The third-order valence-corrected chi connectivity index (χ3v) is 10.9. The number of thiol groups is 1. The number of nitrogens with one attached hydrogen (secondary N) is 1. The van der Waals surface area contributed by atoms with Crippen LogP contribution in [0.4, 0.5) is 10.5 Å². The van der Waals surface area contributed by atoms with E-state index in [0.29, 0.717) is 24.3 Å². The predicted molar refractivity (Wildman–Crippen MR) is 199 cm³/mol. The van der Waals surface area contributed by atoms with Crippen molar-refractivity contribution in [3.8, 4) is 5.75 Å². The first kappa shape index (κ1) is 41.5. The largest absolute Gasteiger partial charge is 0.495 e. The third kappa shape index (κ3) is 9.25. The van der Waals surface area contributed by atoms with Gasteiger partial charge in [0.25, 0.3) is 0 Å². The SMILES string of the molecule is COc1cc2cc(c1Cl)N(C)C(=O)CC(OC(=O)C(C)N(C)C(=O)CCC(C)S)[C@]1(C)O[C@@H]1C(C)[C@@H]1C[C@@](O)(NC(=O)O1)C(OC)C=CC=C(C)C2. The van der Waals surface area contributed by atoms with Gasteiger partial charge in [-0.05, 0) is 56.6 Å². The van der Waals surface area contributed by atoms with Crippen molar-refractivity contribution in [2.45, 2.75) is 114 Å². The van der Waals surface area contributed by atoms with Gasteiger partial charge in [0.15, 0.2) is 5.72 Å². The number of hydrogen-bond acceptors (Lipinski definition) is 11. The molecule has 52 heavy (non-hydrogen) atoms. The van der Waals surface area contributed by atoms with Crippen LogP contribution in [0.15, 0.2) is 35.9 Å². The lowest BCUT2D eigenvalue weighted by Crippen LogP contribution is -2.63. The van der Waals surface area contributed by atoms with E-state index in [9.17, 15) is 24.3 Å². The Kier molecular flexibility index (Phi) is 13.4. The van der Waals surface area contributed by atoms with Gasteiger partial charge in [-0.3, -0.25) is 14.9 Å². The Morgan fingerprint density at radius 1 is 1.25 bits per heavy atom. The maximum atomic E-state index is 14.1. The number of carbonyl (C=O) groups excluding carboxylic acids is 4. The van der Waals surface area contributed by atoms with Crippen molar-refractivity contribution < 1.29 is 48.0 Å². The van der Waals surface area contributed by atoms with Crippen LogP contribution in [-0.4, -0.2) is 109 Å². The smallest absolute Gasteiger partial charge is 0.409 e. The summed E-state index contributed by atoms with van der Waals surface area (Å²) in [6.07, 6.45) is 1.69. The number of carbonyl (C=O) groups is 4. The van der Waals surface area contributed by atoms with Gasteiger partial charge in [0.1, 0.15) is 40.7 Å². The van der Waals surface area contributed by atoms with Crippen molar-refractivity contribution in [1.29, 1.82) is 0 Å². The Morgan fingerprint density at radius 3 is 2.58 bits per heavy atom. The Labute approximate surface area is 316 Å². The quantitative estimate of drug-likeness (QED) is 0.194. The molecule has 3 aliphatic rings. The molecule has 2 N–H and O–H groups in total. The minimum absolute atomic E-state index is 0.00636. The van der Waals surface area contributed by atoms with Crippen LogP contribution in [0.3, 0.4) is 0 Å². The van der Waals surface area contributed by atoms with Gasteiger partial charge in [0, 0.05) is 40.0 Å². The molecule has 0 saturated carbocycles. The molecule has 0 spiro atoms. The summed E-state index contributed by atoms with van der Waals surface area (Å²) in [5.41, 5.74) is -0.906. The zero-order valence-electron chi connectivity index (χ0n) is 31.3. The predicted octanol–water partition coefficient (Wildman–Crippen LogP) is 4.61. The summed E-state index contributed by atoms with van der Waals surface area (Å²) in [6.45, 7) is 8.88. The minimum Gasteiger partial charge on any atom is -0.495 e. The molecule has 15 heteroatoms. The molecule has 3 aliphatic heterocycles. The van der Waals surface area contributed by atoms with Gasteiger partial charge in [0.05, 0.1) is 25.3 Å². The van der Waals surface area contributed by atoms with Crippen LogP contribution in [0.1, 0.15) is 65.9 Å². The molecule has 9 atom stereocenters. The number of hydrogen-bond donors (Lipinski definition) is 3. The number of amides is 3. The van der Waals surface area contributed by atoms with Gasteiger partial charge >= 0.3 is 12.1 Å². The van der Waals surface area contributed by atoms with Crippen LogP contribution in [0.25, 0.3) is 0 Å². The van der Waals surface area contributed by atoms with Gasteiger partial charge in [-0.2, -0.15) is 12.6 Å². The maximum absolute atomic E-state index is 14.1. The first-order valence-corrected chi connectivity index (χ1v) is 18.3. The number of esters is 1. The molecule has 288 valence electrons. The van der Waals surface area contributed by atoms with Crippen LogP contribution in [-0.2, 0) is 39.8 Å². The number of epoxide rings is 1. The number of allylic oxidation sites excluding steroid dienone is 3. The number of likely N-dealkylation sites (N-methyl/N-ethyl adjacent to an activating group) is 1. The summed E-state index contributed by atoms with van der Waals surface area (Å²) < 4.78 is 29.2. The summed E-state index contributed by atoms with van der Waals surface area (Å²) in [5.74, 6) is -1.56. The van der Waals surface area contributed by atoms with Crippen LogP contribution in [0.2, 0.25) is 5.02 Å². The van der Waals surface area contributed by atoms with E-state index in [1.807, 2.05) is 19.9 Å². The highest BCUT2D eigenvalue weighted by atomic mass is 35.5. The highest BCUT2D eigenvalue weighted by Crippen LogP contribution is 2.49. The molecule has 13 nitrogen and oxygen atoms in total. The summed E-state index contributed by atoms with van der Waals surface area (Å²) in [6, 6.07) is 2.61. The summed E-state index contributed by atoms with van der Waals surface area (Å²) in [7, 11) is 6.02. The van der Waals surface area contributed by atoms with Gasteiger partial charge < -0.3 is 38.6 Å². The van der Waals surface area contributed by atoms with Crippen molar-refractivity contribution in [2.24, 2.45) is 5.92 Å². The lowest BCUT2D eigenvalue weighted by atomic mass is 9.83. The van der Waals surface area contributed by atoms with Crippen molar-refractivity contribution in [2.75, 3.05) is 33.2 Å². The van der Waals surface area contributed by atoms with E-state index in [-0.39, 0.29) is 35.4 Å². The second-order valence-corrected chi connectivity index (χ2v) is 15.6. The standard InChI is InChI=1S/C37H52ClN3O10S/c1-20-11-10-12-28(48-9)37(46)19-27(49-35(45)39-37)22(3)33-36(5,51-33)29(50-34(44)23(4)40(6)30(42)14-13-21(2)52)18-31(43)41(7)25-16-24(15-20)17-26(47-8)32(25)38/h10-12,16-17,21-23,27-29,33,46,52H,13-15,18-19H2,1-9H3,(H,39,45)/t21?,22?,23?,27-,28?,29?,33+,36-,37-/m0/s1. The number of aliphatic hydroxyl groups is 1. The Bertz CT molecular complexity index is 1590. The summed E-state index contributed by atoms with van der Waals surface area (Å²) in [5, 5.41) is 14.5. The van der Waals surface area contributed by atoms with Crippen molar-refractivity contribution in [1.82, 2.24) is 10.2 Å². The van der Waals surface area contributed by atoms with Gasteiger partial charge in [0.2, 0.25) is 11.8 Å². The molecular weight excluding hydrogens is 714 g/mol. The van der Waals surface area contributed by atoms with Crippen LogP contribution in [0, 0.1) is 5.92 Å². The third-order valence-electron chi connectivity index (χ3n) is 10.3. The molecule has 1 aromatic carbocycles. The van der Waals surface area contributed by atoms with Crippen LogP contribution in [0.5, 0.6) is 5.75 Å². The van der Waals surface area contributed by atoms with Crippen molar-refractivity contribution in [3.63, 3.8) is 0 Å². The van der Waals surface area contributed by atoms with Gasteiger partial charge in [-0.1, -0.05) is 49.2 Å². The highest BCUT2D eigenvalue weighted by molar-refractivity contribution is 7.80. The number of ether oxygens (including phenoxy) is 5. The molecule has 1 aromatic rings. The molecule has 5 unspecified atom stereocenters. The van der Waals surface area contributed by atoms with Gasteiger partial charge in [-0.25, -0.2) is 9.59 Å². The molecule has 0 aliphatic carbocycles. The number of alkyl carbamates (subject to hydrolysis) is 1. The lowest BCUT2D eigenvalue weighted by Gasteiger charge is -2.42. The topological polar surface area (TPSA) is 156 Å². The lowest BCUT2D eigenvalue weighted by molar-refractivity contribution is -0.162. The first-order chi connectivity index (χ1) is 24.3. The highest BCUT2D eigenvalue weighted by Gasteiger charge is 2.64. The Morgan fingerprint density at radius 2 is 1.94 bits per heavy atom. The number of rotatable bonds is 8. The number of benzene rings is 1. The van der Waals surface area contributed by atoms with E-state index in [0.717, 1.165) is 11.1 Å². The normalized spacial score (nSPS) is 30.6. The van der Waals surface area contributed by atoms with E-state index in [4.69, 9.17) is 35.3 Å². The second-order valence-electron chi connectivity index (χ2n) is 14.3. The summed E-state index contributed by atoms with van der Waals surface area (Å²) in [4.78, 5) is 56.2. The molecule has 2 saturated heterocycles. The van der Waals surface area contributed by atoms with Crippen molar-refractivity contribution in [3.05, 3.63) is 46.5 Å². The zero-order chi connectivity index (χ0) is 38.7. The van der Waals surface area contributed by atoms with Crippen molar-refractivity contribution >= 4 is 53.8 Å². The maximum Gasteiger partial charge on any atom is 0.409 e. The van der Waals surface area contributed by atoms with Crippen LogP contribution < -0.4 is 15.0 Å².